The van der Waals surface area contributed by atoms with Crippen molar-refractivity contribution in [2.24, 2.45) is 0 Å². The fourth-order valence-corrected chi connectivity index (χ4v) is 3.80. The Morgan fingerprint density at radius 2 is 1.75 bits per heavy atom. The highest BCUT2D eigenvalue weighted by Crippen LogP contribution is 2.16. The second-order valence-electron chi connectivity index (χ2n) is 9.18. The number of esters is 1. The molecule has 14 nitrogen and oxygen atoms in total. The Bertz CT molecular complexity index is 1430. The first-order chi connectivity index (χ1) is 18.9. The normalized spacial score (nSPS) is 12.5. The maximum atomic E-state index is 12.8. The van der Waals surface area contributed by atoms with Crippen LogP contribution in [0.1, 0.15) is 55.1 Å². The summed E-state index contributed by atoms with van der Waals surface area (Å²) >= 11 is 0. The summed E-state index contributed by atoms with van der Waals surface area (Å²) in [7, 11) is 0. The number of rotatable bonds is 12. The zero-order chi connectivity index (χ0) is 29.4. The first kappa shape index (κ1) is 29.7. The third-order valence-corrected chi connectivity index (χ3v) is 5.65. The van der Waals surface area contributed by atoms with Gasteiger partial charge in [-0.2, -0.15) is 4.98 Å². The molecule has 0 aliphatic rings. The van der Waals surface area contributed by atoms with Gasteiger partial charge < -0.3 is 35.4 Å². The van der Waals surface area contributed by atoms with Gasteiger partial charge in [-0.3, -0.25) is 19.4 Å². The molecule has 0 bridgehead atoms. The fourth-order valence-electron chi connectivity index (χ4n) is 3.80. The highest BCUT2D eigenvalue weighted by atomic mass is 16.8. The van der Waals surface area contributed by atoms with Crippen LogP contribution in [0, 0.1) is 0 Å². The highest BCUT2D eigenvalue weighted by molar-refractivity contribution is 5.97. The summed E-state index contributed by atoms with van der Waals surface area (Å²) in [5.41, 5.74) is 7.51. The number of carboxylic acid groups (broad SMARTS) is 1. The van der Waals surface area contributed by atoms with E-state index in [1.165, 1.54) is 6.92 Å². The molecular formula is C26H31N5O9. The lowest BCUT2D eigenvalue weighted by Crippen LogP contribution is -2.43. The molecule has 2 unspecified atom stereocenters. The van der Waals surface area contributed by atoms with E-state index in [0.717, 1.165) is 11.1 Å². The predicted octanol–water partition coefficient (Wildman–Crippen LogP) is 2.03. The minimum absolute atomic E-state index is 0.0208. The van der Waals surface area contributed by atoms with Crippen molar-refractivity contribution in [1.82, 2.24) is 20.3 Å². The lowest BCUT2D eigenvalue weighted by Gasteiger charge is -2.20. The van der Waals surface area contributed by atoms with Gasteiger partial charge >= 0.3 is 18.1 Å². The lowest BCUT2D eigenvalue weighted by atomic mass is 10.0. The molecule has 0 aliphatic carbocycles. The van der Waals surface area contributed by atoms with Crippen molar-refractivity contribution >= 4 is 41.0 Å². The van der Waals surface area contributed by atoms with E-state index in [9.17, 15) is 24.0 Å². The number of hydrogen-bond acceptors (Lipinski definition) is 10. The number of hydrogen-bond donors (Lipinski definition) is 5. The van der Waals surface area contributed by atoms with E-state index in [0.29, 0.717) is 23.9 Å². The number of ether oxygens (including phenoxy) is 3. The molecule has 14 heteroatoms. The van der Waals surface area contributed by atoms with Crippen LogP contribution < -0.4 is 16.6 Å². The van der Waals surface area contributed by atoms with Gasteiger partial charge in [-0.15, -0.1) is 0 Å². The smallest absolute Gasteiger partial charge is 0.481 e. The molecule has 6 N–H and O–H groups in total. The van der Waals surface area contributed by atoms with Crippen LogP contribution in [0.25, 0.3) is 11.0 Å². The molecule has 0 spiro atoms. The predicted molar refractivity (Wildman–Crippen MR) is 141 cm³/mol. The minimum Gasteiger partial charge on any atom is -0.481 e. The van der Waals surface area contributed by atoms with Crippen LogP contribution >= 0.6 is 0 Å². The van der Waals surface area contributed by atoms with Gasteiger partial charge in [-0.05, 0) is 56.4 Å². The van der Waals surface area contributed by atoms with E-state index in [4.69, 9.17) is 25.1 Å². The molecular weight excluding hydrogens is 526 g/mol. The zero-order valence-corrected chi connectivity index (χ0v) is 22.2. The van der Waals surface area contributed by atoms with Crippen LogP contribution in [0.15, 0.2) is 35.3 Å². The molecule has 0 fully saturated rings. The van der Waals surface area contributed by atoms with Crippen LogP contribution in [0.3, 0.4) is 0 Å². The van der Waals surface area contributed by atoms with Crippen molar-refractivity contribution in [2.45, 2.75) is 64.9 Å². The largest absolute Gasteiger partial charge is 0.511 e. The first-order valence-corrected chi connectivity index (χ1v) is 12.5. The maximum absolute atomic E-state index is 12.8. The van der Waals surface area contributed by atoms with Gasteiger partial charge in [0.15, 0.2) is 0 Å². The number of nitrogens with one attached hydrogen (secondary N) is 3. The molecule has 0 saturated heterocycles. The number of nitrogen functional groups attached to an aromatic ring is 1. The highest BCUT2D eigenvalue weighted by Gasteiger charge is 2.27. The summed E-state index contributed by atoms with van der Waals surface area (Å²) < 4.78 is 14.7. The number of nitrogens with zero attached hydrogens (tertiary/aromatic N) is 1. The molecule has 3 rings (SSSR count). The summed E-state index contributed by atoms with van der Waals surface area (Å²) in [6, 6.07) is 5.26. The van der Waals surface area contributed by atoms with Gasteiger partial charge in [-0.1, -0.05) is 12.1 Å². The number of anilines is 1. The van der Waals surface area contributed by atoms with E-state index in [1.54, 1.807) is 44.3 Å². The number of fused-ring (bicyclic) bond motifs is 1. The van der Waals surface area contributed by atoms with Crippen molar-refractivity contribution in [3.63, 3.8) is 0 Å². The molecule has 0 saturated carbocycles. The summed E-state index contributed by atoms with van der Waals surface area (Å²) in [5.74, 6) is -2.75. The van der Waals surface area contributed by atoms with E-state index >= 15 is 0 Å². The summed E-state index contributed by atoms with van der Waals surface area (Å²) in [6.07, 6.45) is -0.697. The van der Waals surface area contributed by atoms with Gasteiger partial charge in [0.25, 0.3) is 11.5 Å². The maximum Gasteiger partial charge on any atom is 0.511 e. The van der Waals surface area contributed by atoms with E-state index in [1.807, 2.05) is 0 Å². The van der Waals surface area contributed by atoms with Crippen LogP contribution in [-0.4, -0.2) is 62.5 Å². The fraction of sp³-hybridized carbons (Fsp3) is 0.385. The average Bonchev–Trinajstić information content (AvgIpc) is 3.27. The van der Waals surface area contributed by atoms with Gasteiger partial charge in [-0.25, -0.2) is 9.59 Å². The second-order valence-corrected chi connectivity index (χ2v) is 9.18. The Morgan fingerprint density at radius 3 is 2.40 bits per heavy atom. The van der Waals surface area contributed by atoms with Crippen LogP contribution in [0.5, 0.6) is 0 Å². The van der Waals surface area contributed by atoms with Crippen LogP contribution in [0.2, 0.25) is 0 Å². The van der Waals surface area contributed by atoms with Crippen LogP contribution in [0.4, 0.5) is 10.7 Å². The third kappa shape index (κ3) is 8.31. The van der Waals surface area contributed by atoms with Gasteiger partial charge in [0.05, 0.1) is 11.5 Å². The van der Waals surface area contributed by atoms with Gasteiger partial charge in [0, 0.05) is 25.1 Å². The van der Waals surface area contributed by atoms with Gasteiger partial charge in [0.1, 0.15) is 11.7 Å². The second kappa shape index (κ2) is 13.3. The van der Waals surface area contributed by atoms with Crippen molar-refractivity contribution < 1.29 is 38.5 Å². The average molecular weight is 558 g/mol. The molecule has 40 heavy (non-hydrogen) atoms. The number of carbonyl (C=O) groups is 4. The van der Waals surface area contributed by atoms with E-state index in [2.05, 4.69) is 20.3 Å². The molecule has 214 valence electrons. The molecule has 0 aliphatic heterocycles. The Labute approximate surface area is 228 Å². The lowest BCUT2D eigenvalue weighted by molar-refractivity contribution is -0.171. The monoisotopic (exact) mass is 557 g/mol. The number of nitrogens with two attached hydrogens (primary N) is 1. The van der Waals surface area contributed by atoms with E-state index in [-0.39, 0.29) is 23.5 Å². The van der Waals surface area contributed by atoms with Gasteiger partial charge in [0.2, 0.25) is 12.2 Å². The number of aromatic nitrogens is 3. The summed E-state index contributed by atoms with van der Waals surface area (Å²) in [4.78, 5) is 69.8. The first-order valence-electron chi connectivity index (χ1n) is 12.5. The Morgan fingerprint density at radius 1 is 1.05 bits per heavy atom. The summed E-state index contributed by atoms with van der Waals surface area (Å²) in [5, 5.41) is 11.9. The standard InChI is InChI=1S/C26H31N5O9/c1-13(2)38-26(37)40-14(3)39-24(36)18(10-11-19(32)33)29-22(34)16-7-4-15(5-8-16)6-9-17-12-28-21-20(17)23(35)31-25(27)30-21/h4-5,7-8,12-14,18H,6,9-11H2,1-3H3,(H,29,34)(H,32,33)(H4,27,28,30,31,35). The minimum atomic E-state index is -1.33. The number of aryl methyl sites for hydroxylation is 2. The Balaban J connectivity index is 1.61. The van der Waals surface area contributed by atoms with Crippen molar-refractivity contribution in [1.29, 1.82) is 0 Å². The number of H-pyrrole nitrogens is 2. The van der Waals surface area contributed by atoms with Crippen molar-refractivity contribution in [3.05, 3.63) is 57.5 Å². The van der Waals surface area contributed by atoms with E-state index < -0.39 is 48.9 Å². The molecule has 0 radical (unpaired) electrons. The molecule has 1 aromatic carbocycles. The number of aliphatic carboxylic acids is 1. The SMILES string of the molecule is CC(C)OC(=O)OC(C)OC(=O)C(CCC(=O)O)NC(=O)c1ccc(CCc2c[nH]c3nc(N)[nH]c(=O)c23)cc1. The molecule has 2 atom stereocenters. The number of benzene rings is 1. The number of carboxylic acids is 1. The summed E-state index contributed by atoms with van der Waals surface area (Å²) in [6.45, 7) is 4.51. The van der Waals surface area contributed by atoms with Crippen LogP contribution in [-0.2, 0) is 36.6 Å². The number of carbonyl (C=O) groups excluding carboxylic acids is 3. The van der Waals surface area contributed by atoms with Crippen molar-refractivity contribution in [2.75, 3.05) is 5.73 Å². The zero-order valence-electron chi connectivity index (χ0n) is 22.2. The number of amides is 1. The quantitative estimate of drug-likeness (QED) is 0.160. The topological polar surface area (TPSA) is 216 Å². The Kier molecular flexibility index (Phi) is 9.84. The molecule has 2 heterocycles. The number of aromatic amines is 2. The molecule has 1 amide bonds. The molecule has 3 aromatic rings. The third-order valence-electron chi connectivity index (χ3n) is 5.65. The van der Waals surface area contributed by atoms with Crippen molar-refractivity contribution in [3.8, 4) is 0 Å². The Hall–Kier alpha value is -4.88. The molecule has 2 aromatic heterocycles.